The summed E-state index contributed by atoms with van der Waals surface area (Å²) in [4.78, 5) is 13.5. The summed E-state index contributed by atoms with van der Waals surface area (Å²) in [6.07, 6.45) is 3.17. The summed E-state index contributed by atoms with van der Waals surface area (Å²) in [6.45, 7) is 3.63. The first kappa shape index (κ1) is 21.8. The summed E-state index contributed by atoms with van der Waals surface area (Å²) >= 11 is 0. The van der Waals surface area contributed by atoms with Gasteiger partial charge in [-0.05, 0) is 47.3 Å². The summed E-state index contributed by atoms with van der Waals surface area (Å²) in [5.74, 6) is -0.285. The van der Waals surface area contributed by atoms with Crippen molar-refractivity contribution in [1.29, 1.82) is 5.26 Å². The zero-order valence-electron chi connectivity index (χ0n) is 16.1. The van der Waals surface area contributed by atoms with E-state index in [2.05, 4.69) is 14.9 Å². The van der Waals surface area contributed by atoms with E-state index in [1.165, 1.54) is 0 Å². The normalized spacial score (nSPS) is 20.2. The second-order valence-electron chi connectivity index (χ2n) is 6.52. The van der Waals surface area contributed by atoms with Crippen molar-refractivity contribution in [2.75, 3.05) is 0 Å². The van der Waals surface area contributed by atoms with Gasteiger partial charge in [0.2, 0.25) is 0 Å². The molecule has 0 fully saturated rings. The largest absolute Gasteiger partial charge is 0.420 e. The second kappa shape index (κ2) is 8.85. The Morgan fingerprint density at radius 2 is 1.67 bits per heavy atom. The number of benzene rings is 2. The number of hydrogen-bond acceptors (Lipinski definition) is 6. The molecular formula is C21H18N2O5S2. The quantitative estimate of drug-likeness (QED) is 0.325. The highest BCUT2D eigenvalue weighted by Gasteiger charge is 2.32. The topological polar surface area (TPSA) is 117 Å². The van der Waals surface area contributed by atoms with Gasteiger partial charge >= 0.3 is 10.4 Å². The molecular weight excluding hydrogens is 424 g/mol. The van der Waals surface area contributed by atoms with Crippen molar-refractivity contribution in [3.63, 3.8) is 0 Å². The van der Waals surface area contributed by atoms with Crippen molar-refractivity contribution < 1.29 is 22.0 Å². The molecule has 0 aromatic heterocycles. The Kier molecular flexibility index (Phi) is 6.43. The molecule has 1 N–H and O–H groups in total. The second-order valence-corrected chi connectivity index (χ2v) is 9.25. The summed E-state index contributed by atoms with van der Waals surface area (Å²) in [7, 11) is -6.33. The van der Waals surface area contributed by atoms with Crippen LogP contribution in [-0.2, 0) is 25.4 Å². The number of carbonyl (C=O) groups is 1. The Morgan fingerprint density at radius 1 is 1.10 bits per heavy atom. The minimum absolute atomic E-state index is 0.260. The minimum Gasteiger partial charge on any atom is -0.292 e. The third kappa shape index (κ3) is 4.63. The lowest BCUT2D eigenvalue weighted by atomic mass is 10.0. The average Bonchev–Trinajstić information content (AvgIpc) is 3.11. The van der Waals surface area contributed by atoms with E-state index in [0.717, 1.165) is 11.1 Å². The van der Waals surface area contributed by atoms with Crippen LogP contribution in [0.1, 0.15) is 27.0 Å². The predicted molar refractivity (Wildman–Crippen MR) is 115 cm³/mol. The van der Waals surface area contributed by atoms with Crippen molar-refractivity contribution >= 4 is 32.4 Å². The molecule has 1 aliphatic heterocycles. The van der Waals surface area contributed by atoms with Gasteiger partial charge in [0.1, 0.15) is 11.3 Å². The number of allylic oxidation sites excluding steroid dienone is 2. The molecule has 30 heavy (non-hydrogen) atoms. The summed E-state index contributed by atoms with van der Waals surface area (Å²) in [5.41, 5.74) is 2.95. The van der Waals surface area contributed by atoms with Gasteiger partial charge in [0, 0.05) is 10.5 Å². The smallest absolute Gasteiger partial charge is 0.292 e. The van der Waals surface area contributed by atoms with Crippen LogP contribution in [0.5, 0.6) is 0 Å². The fraction of sp³-hybridized carbons (Fsp3) is 0.143. The molecule has 0 radical (unpaired) electrons. The average molecular weight is 443 g/mol. The van der Waals surface area contributed by atoms with Crippen molar-refractivity contribution in [2.24, 2.45) is 4.53 Å². The molecule has 0 amide bonds. The fourth-order valence-corrected chi connectivity index (χ4v) is 5.25. The number of rotatable bonds is 5. The van der Waals surface area contributed by atoms with Gasteiger partial charge in [0.25, 0.3) is 0 Å². The van der Waals surface area contributed by atoms with Crippen LogP contribution in [0, 0.1) is 25.2 Å². The zero-order chi connectivity index (χ0) is 21.9. The molecule has 0 aliphatic carbocycles. The Labute approximate surface area is 177 Å². The van der Waals surface area contributed by atoms with Gasteiger partial charge in [-0.1, -0.05) is 63.4 Å². The predicted octanol–water partition coefficient (Wildman–Crippen LogP) is 3.90. The van der Waals surface area contributed by atoms with Crippen LogP contribution < -0.4 is 0 Å². The molecule has 0 spiro atoms. The molecule has 1 heterocycles. The molecule has 0 saturated carbocycles. The van der Waals surface area contributed by atoms with Gasteiger partial charge in [-0.2, -0.15) is 13.7 Å². The van der Waals surface area contributed by atoms with Gasteiger partial charge in [0.05, 0.1) is 5.57 Å². The molecule has 2 aromatic rings. The van der Waals surface area contributed by atoms with E-state index in [4.69, 9.17) is 4.55 Å². The van der Waals surface area contributed by atoms with E-state index in [9.17, 15) is 18.5 Å². The summed E-state index contributed by atoms with van der Waals surface area (Å²) < 4.78 is 39.1. The molecule has 0 saturated heterocycles. The third-order valence-electron chi connectivity index (χ3n) is 4.53. The molecule has 154 valence electrons. The van der Waals surface area contributed by atoms with Gasteiger partial charge in [-0.15, -0.1) is 0 Å². The molecule has 2 aromatic carbocycles. The molecule has 7 nitrogen and oxygen atoms in total. The van der Waals surface area contributed by atoms with Crippen LogP contribution in [0.25, 0.3) is 5.57 Å². The summed E-state index contributed by atoms with van der Waals surface area (Å²) in [5, 5.41) is 8.96. The first-order valence-electron chi connectivity index (χ1n) is 8.81. The highest BCUT2D eigenvalue weighted by molar-refractivity contribution is 7.93. The molecule has 2 unspecified atom stereocenters. The maximum atomic E-state index is 13.2. The number of carbonyl (C=O) groups excluding carboxylic acids is 1. The SMILES string of the molecule is Cc1ccccc1C(=O)C1C=CC(=C(C#N)c2ccccc2C)S1=NOS(=O)(=O)O. The number of aryl methyl sites for hydroxylation is 2. The fourth-order valence-electron chi connectivity index (χ4n) is 3.09. The lowest BCUT2D eigenvalue weighted by molar-refractivity contribution is 0.1000. The third-order valence-corrected chi connectivity index (χ3v) is 6.77. The lowest BCUT2D eigenvalue weighted by Gasteiger charge is -2.14. The first-order chi connectivity index (χ1) is 14.2. The van der Waals surface area contributed by atoms with Crippen LogP contribution in [0.2, 0.25) is 0 Å². The maximum Gasteiger partial charge on any atom is 0.420 e. The van der Waals surface area contributed by atoms with E-state index in [-0.39, 0.29) is 11.4 Å². The van der Waals surface area contributed by atoms with E-state index in [0.29, 0.717) is 16.0 Å². The highest BCUT2D eigenvalue weighted by atomic mass is 32.3. The highest BCUT2D eigenvalue weighted by Crippen LogP contribution is 2.33. The van der Waals surface area contributed by atoms with Crippen molar-refractivity contribution in [1.82, 2.24) is 0 Å². The number of ketones is 1. The number of nitriles is 1. The Bertz CT molecular complexity index is 1250. The molecule has 3 rings (SSSR count). The van der Waals surface area contributed by atoms with Gasteiger partial charge in [-0.25, -0.2) is 0 Å². The summed E-state index contributed by atoms with van der Waals surface area (Å²) in [6, 6.07) is 16.3. The zero-order valence-corrected chi connectivity index (χ0v) is 17.8. The molecule has 1 aliphatic rings. The van der Waals surface area contributed by atoms with E-state index < -0.39 is 26.3 Å². The number of hydrogen-bond donors (Lipinski definition) is 1. The van der Waals surface area contributed by atoms with Gasteiger partial charge in [-0.3, -0.25) is 9.35 Å². The minimum atomic E-state index is -4.87. The monoisotopic (exact) mass is 442 g/mol. The van der Waals surface area contributed by atoms with Gasteiger partial charge in [0.15, 0.2) is 5.78 Å². The Balaban J connectivity index is 2.17. The van der Waals surface area contributed by atoms with Crippen molar-refractivity contribution in [3.05, 3.63) is 87.8 Å². The van der Waals surface area contributed by atoms with Gasteiger partial charge < -0.3 is 0 Å². The van der Waals surface area contributed by atoms with Crippen LogP contribution >= 0.6 is 0 Å². The van der Waals surface area contributed by atoms with E-state index in [1.807, 2.05) is 19.1 Å². The Morgan fingerprint density at radius 3 is 2.20 bits per heavy atom. The lowest BCUT2D eigenvalue weighted by Crippen LogP contribution is -2.23. The van der Waals surface area contributed by atoms with Crippen LogP contribution in [0.15, 0.2) is 70.1 Å². The first-order valence-corrected chi connectivity index (χ1v) is 11.4. The van der Waals surface area contributed by atoms with Crippen molar-refractivity contribution in [3.8, 4) is 6.07 Å². The molecule has 9 heteroatoms. The van der Waals surface area contributed by atoms with Crippen LogP contribution in [-0.4, -0.2) is 24.0 Å². The van der Waals surface area contributed by atoms with E-state index in [1.54, 1.807) is 55.5 Å². The number of Topliss-reactive ketones (excluding diaryl/α,β-unsaturated/α-hetero) is 1. The standard InChI is InChI=1S/C21H18N2O5S2/c1-14-7-3-5-9-16(14)18(13-22)19-11-12-20(29(19)23-28-30(25,26)27)21(24)17-10-6-4-8-15(17)2/h3-12,20H,1-2H3,(H,25,26,27). The van der Waals surface area contributed by atoms with E-state index >= 15 is 0 Å². The molecule has 2 atom stereocenters. The molecule has 0 bridgehead atoms. The van der Waals surface area contributed by atoms with Crippen molar-refractivity contribution in [2.45, 2.75) is 19.1 Å². The van der Waals surface area contributed by atoms with Crippen LogP contribution in [0.4, 0.5) is 0 Å². The number of nitrogens with zero attached hydrogens (tertiary/aromatic N) is 2. The van der Waals surface area contributed by atoms with Crippen LogP contribution in [0.3, 0.4) is 0 Å². The maximum absolute atomic E-state index is 13.2. The Hall–Kier alpha value is -2.90.